The molecule has 0 bridgehead atoms. The fourth-order valence-electron chi connectivity index (χ4n) is 3.25. The van der Waals surface area contributed by atoms with Crippen LogP contribution in [0.3, 0.4) is 0 Å². The first-order valence-corrected chi connectivity index (χ1v) is 10.7. The van der Waals surface area contributed by atoms with Gasteiger partial charge in [0.2, 0.25) is 0 Å². The summed E-state index contributed by atoms with van der Waals surface area (Å²) < 4.78 is 5.90. The van der Waals surface area contributed by atoms with Gasteiger partial charge in [-0.05, 0) is 67.8 Å². The summed E-state index contributed by atoms with van der Waals surface area (Å²) in [6.07, 6.45) is 1.67. The number of nitrogens with zero attached hydrogens (tertiary/aromatic N) is 1. The molecule has 0 N–H and O–H groups in total. The third-order valence-electron chi connectivity index (χ3n) is 4.60. The van der Waals surface area contributed by atoms with E-state index in [1.54, 1.807) is 18.2 Å². The van der Waals surface area contributed by atoms with Crippen LogP contribution in [-0.4, -0.2) is 23.2 Å². The fourth-order valence-corrected chi connectivity index (χ4v) is 5.14. The first-order chi connectivity index (χ1) is 14.0. The molecule has 0 unspecified atom stereocenters. The van der Waals surface area contributed by atoms with Crippen LogP contribution >= 0.6 is 39.3 Å². The molecule has 0 radical (unpaired) electrons. The lowest BCUT2D eigenvalue weighted by atomic mass is 10.0. The van der Waals surface area contributed by atoms with E-state index in [-0.39, 0.29) is 17.7 Å². The van der Waals surface area contributed by atoms with Crippen molar-refractivity contribution in [3.8, 4) is 5.75 Å². The number of halogens is 2. The molecular weight excluding hydrogens is 474 g/mol. The molecule has 0 spiro atoms. The molecule has 2 amide bonds. The molecule has 146 valence electrons. The van der Waals surface area contributed by atoms with E-state index in [4.69, 9.17) is 16.3 Å². The second-order valence-corrected chi connectivity index (χ2v) is 8.68. The van der Waals surface area contributed by atoms with Crippen molar-refractivity contribution in [2.45, 2.75) is 6.54 Å². The molecule has 7 heteroatoms. The normalized spacial score (nSPS) is 15.6. The summed E-state index contributed by atoms with van der Waals surface area (Å²) in [5, 5.41) is 2.24. The molecule has 0 aromatic heterocycles. The Morgan fingerprint density at radius 3 is 2.66 bits per heavy atom. The molecule has 1 heterocycles. The van der Waals surface area contributed by atoms with E-state index in [2.05, 4.69) is 15.9 Å². The third-order valence-corrected chi connectivity index (χ3v) is 6.38. The zero-order valence-corrected chi connectivity index (χ0v) is 18.5. The van der Waals surface area contributed by atoms with Crippen molar-refractivity contribution < 1.29 is 14.3 Å². The van der Waals surface area contributed by atoms with Crippen LogP contribution in [0.2, 0.25) is 5.02 Å². The number of fused-ring (bicyclic) bond motifs is 1. The first kappa shape index (κ1) is 20.0. The zero-order valence-electron chi connectivity index (χ0n) is 15.3. The number of hydrogen-bond acceptors (Lipinski definition) is 4. The minimum absolute atomic E-state index is 0.233. The van der Waals surface area contributed by atoms with Gasteiger partial charge >= 0.3 is 0 Å². The van der Waals surface area contributed by atoms with Gasteiger partial charge in [-0.15, -0.1) is 0 Å². The second kappa shape index (κ2) is 8.22. The maximum atomic E-state index is 12.9. The number of benzene rings is 3. The maximum Gasteiger partial charge on any atom is 0.293 e. The number of carbonyl (C=O) groups is 2. The van der Waals surface area contributed by atoms with Gasteiger partial charge in [-0.1, -0.05) is 54.1 Å². The Hall–Kier alpha value is -2.28. The zero-order chi connectivity index (χ0) is 20.5. The van der Waals surface area contributed by atoms with Gasteiger partial charge < -0.3 is 4.74 Å². The monoisotopic (exact) mass is 487 g/mol. The van der Waals surface area contributed by atoms with E-state index in [0.29, 0.717) is 25.7 Å². The van der Waals surface area contributed by atoms with Crippen molar-refractivity contribution in [2.24, 2.45) is 0 Å². The van der Waals surface area contributed by atoms with Gasteiger partial charge in [0.05, 0.1) is 28.1 Å². The lowest BCUT2D eigenvalue weighted by Crippen LogP contribution is -2.27. The first-order valence-electron chi connectivity index (χ1n) is 8.73. The number of hydrogen-bond donors (Lipinski definition) is 0. The van der Waals surface area contributed by atoms with Crippen LogP contribution in [0.5, 0.6) is 5.75 Å². The van der Waals surface area contributed by atoms with Crippen LogP contribution in [0.4, 0.5) is 4.79 Å². The van der Waals surface area contributed by atoms with Crippen LogP contribution in [0.1, 0.15) is 11.1 Å². The SMILES string of the molecule is COc1c(Cl)cc(/C=C2/SC(=O)N(Cc3cccc4ccccc34)C2=O)cc1Br. The van der Waals surface area contributed by atoms with Crippen molar-refractivity contribution in [3.05, 3.63) is 80.1 Å². The standard InChI is InChI=1S/C22H15BrClNO3S/c1-28-20-17(23)9-13(10-18(20)24)11-19-21(26)25(22(27)29-19)12-15-7-4-6-14-5-2-3-8-16(14)15/h2-11H,12H2,1H3/b19-11+. The van der Waals surface area contributed by atoms with Gasteiger partial charge in [0.25, 0.3) is 11.1 Å². The number of methoxy groups -OCH3 is 1. The Kier molecular flexibility index (Phi) is 5.67. The molecule has 3 aromatic carbocycles. The van der Waals surface area contributed by atoms with Gasteiger partial charge in [-0.2, -0.15) is 0 Å². The van der Waals surface area contributed by atoms with Gasteiger partial charge in [-0.25, -0.2) is 0 Å². The van der Waals surface area contributed by atoms with Gasteiger partial charge in [0, 0.05) is 0 Å². The summed E-state index contributed by atoms with van der Waals surface area (Å²) in [7, 11) is 1.53. The number of carbonyl (C=O) groups excluding carboxylic acids is 2. The van der Waals surface area contributed by atoms with Gasteiger partial charge in [-0.3, -0.25) is 14.5 Å². The molecule has 4 nitrogen and oxygen atoms in total. The average molecular weight is 489 g/mol. The van der Waals surface area contributed by atoms with E-state index in [9.17, 15) is 9.59 Å². The Balaban J connectivity index is 1.63. The van der Waals surface area contributed by atoms with Crippen LogP contribution in [0.15, 0.2) is 64.0 Å². The van der Waals surface area contributed by atoms with Crippen LogP contribution in [-0.2, 0) is 11.3 Å². The number of rotatable bonds is 4. The van der Waals surface area contributed by atoms with Crippen molar-refractivity contribution >= 4 is 67.3 Å². The van der Waals surface area contributed by atoms with E-state index >= 15 is 0 Å². The molecule has 1 aliphatic heterocycles. The molecule has 0 atom stereocenters. The maximum absolute atomic E-state index is 12.9. The number of imide groups is 1. The summed E-state index contributed by atoms with van der Waals surface area (Å²) in [6, 6.07) is 17.3. The molecule has 3 aromatic rings. The lowest BCUT2D eigenvalue weighted by molar-refractivity contribution is -0.123. The highest BCUT2D eigenvalue weighted by Crippen LogP contribution is 2.38. The Morgan fingerprint density at radius 2 is 1.90 bits per heavy atom. The molecule has 1 saturated heterocycles. The number of thioether (sulfide) groups is 1. The number of amides is 2. The molecule has 29 heavy (non-hydrogen) atoms. The summed E-state index contributed by atoms with van der Waals surface area (Å²) >= 11 is 10.6. The highest BCUT2D eigenvalue weighted by molar-refractivity contribution is 9.10. The van der Waals surface area contributed by atoms with E-state index in [1.165, 1.54) is 12.0 Å². The Labute approximate surface area is 185 Å². The molecule has 4 rings (SSSR count). The summed E-state index contributed by atoms with van der Waals surface area (Å²) in [5.74, 6) is 0.212. The highest BCUT2D eigenvalue weighted by Gasteiger charge is 2.35. The van der Waals surface area contributed by atoms with E-state index in [1.807, 2.05) is 42.5 Å². The Morgan fingerprint density at radius 1 is 1.14 bits per heavy atom. The molecule has 0 saturated carbocycles. The van der Waals surface area contributed by atoms with Crippen LogP contribution < -0.4 is 4.74 Å². The summed E-state index contributed by atoms with van der Waals surface area (Å²) in [6.45, 7) is 0.233. The fraction of sp³-hybridized carbons (Fsp3) is 0.0909. The number of ether oxygens (including phenoxy) is 1. The van der Waals surface area contributed by atoms with Crippen LogP contribution in [0, 0.1) is 0 Å². The molecule has 1 fully saturated rings. The summed E-state index contributed by atoms with van der Waals surface area (Å²) in [4.78, 5) is 27.1. The predicted octanol–water partition coefficient (Wildman–Crippen LogP) is 6.50. The van der Waals surface area contributed by atoms with Gasteiger partial charge in [0.1, 0.15) is 0 Å². The quantitative estimate of drug-likeness (QED) is 0.393. The average Bonchev–Trinajstić information content (AvgIpc) is 2.95. The topological polar surface area (TPSA) is 46.6 Å². The van der Waals surface area contributed by atoms with Crippen molar-refractivity contribution in [3.63, 3.8) is 0 Å². The van der Waals surface area contributed by atoms with Gasteiger partial charge in [0.15, 0.2) is 5.75 Å². The minimum Gasteiger partial charge on any atom is -0.494 e. The van der Waals surface area contributed by atoms with E-state index < -0.39 is 0 Å². The highest BCUT2D eigenvalue weighted by atomic mass is 79.9. The Bertz CT molecular complexity index is 1150. The molecular formula is C22H15BrClNO3S. The van der Waals surface area contributed by atoms with Crippen molar-refractivity contribution in [1.82, 2.24) is 4.90 Å². The molecule has 1 aliphatic rings. The third kappa shape index (κ3) is 3.92. The second-order valence-electron chi connectivity index (χ2n) is 6.42. The van der Waals surface area contributed by atoms with Crippen LogP contribution in [0.25, 0.3) is 16.8 Å². The minimum atomic E-state index is -0.309. The predicted molar refractivity (Wildman–Crippen MR) is 121 cm³/mol. The molecule has 0 aliphatic carbocycles. The lowest BCUT2D eigenvalue weighted by Gasteiger charge is -2.14. The van der Waals surface area contributed by atoms with Crippen molar-refractivity contribution in [1.29, 1.82) is 0 Å². The van der Waals surface area contributed by atoms with Crippen molar-refractivity contribution in [2.75, 3.05) is 7.11 Å². The largest absolute Gasteiger partial charge is 0.494 e. The smallest absolute Gasteiger partial charge is 0.293 e. The van der Waals surface area contributed by atoms with E-state index in [0.717, 1.165) is 28.1 Å². The summed E-state index contributed by atoms with van der Waals surface area (Å²) in [5.41, 5.74) is 1.64.